The zero-order valence-corrected chi connectivity index (χ0v) is 9.97. The summed E-state index contributed by atoms with van der Waals surface area (Å²) in [5.41, 5.74) is 4.74. The van der Waals surface area contributed by atoms with Gasteiger partial charge in [0.05, 0.1) is 5.69 Å². The van der Waals surface area contributed by atoms with Gasteiger partial charge >= 0.3 is 0 Å². The number of nitrogens with zero attached hydrogens (tertiary/aromatic N) is 2. The normalized spacial score (nSPS) is 14.8. The summed E-state index contributed by atoms with van der Waals surface area (Å²) >= 11 is 1.69. The first-order chi connectivity index (χ1) is 7.84. The molecule has 0 aliphatic carbocycles. The molecule has 0 unspecified atom stereocenters. The highest BCUT2D eigenvalue weighted by Crippen LogP contribution is 2.22. The van der Waals surface area contributed by atoms with Gasteiger partial charge in [-0.3, -0.25) is 0 Å². The second-order valence-electron chi connectivity index (χ2n) is 4.00. The Balaban J connectivity index is 2.12. The van der Waals surface area contributed by atoms with E-state index in [9.17, 15) is 0 Å². The van der Waals surface area contributed by atoms with Crippen LogP contribution in [0.5, 0.6) is 0 Å². The molecule has 3 rings (SSSR count). The maximum atomic E-state index is 4.67. The van der Waals surface area contributed by atoms with Crippen LogP contribution in [0.3, 0.4) is 0 Å². The van der Waals surface area contributed by atoms with E-state index >= 15 is 0 Å². The Morgan fingerprint density at radius 1 is 1.38 bits per heavy atom. The van der Waals surface area contributed by atoms with Gasteiger partial charge in [-0.15, -0.1) is 0 Å². The predicted molar refractivity (Wildman–Crippen MR) is 65.5 cm³/mol. The van der Waals surface area contributed by atoms with E-state index in [-0.39, 0.29) is 0 Å². The summed E-state index contributed by atoms with van der Waals surface area (Å²) in [6.45, 7) is 4.00. The topological polar surface area (TPSA) is 37.8 Å². The number of hydrogen-bond acceptors (Lipinski definition) is 4. The van der Waals surface area contributed by atoms with Crippen molar-refractivity contribution in [3.05, 3.63) is 33.8 Å². The molecular weight excluding hydrogens is 218 g/mol. The van der Waals surface area contributed by atoms with Crippen LogP contribution in [0.2, 0.25) is 0 Å². The van der Waals surface area contributed by atoms with Crippen LogP contribution in [0, 0.1) is 6.92 Å². The van der Waals surface area contributed by atoms with Crippen molar-refractivity contribution in [1.29, 1.82) is 0 Å². The van der Waals surface area contributed by atoms with E-state index in [2.05, 4.69) is 39.0 Å². The molecule has 1 N–H and O–H groups in total. The third-order valence-electron chi connectivity index (χ3n) is 2.92. The van der Waals surface area contributed by atoms with E-state index in [1.54, 1.807) is 11.3 Å². The van der Waals surface area contributed by atoms with Crippen LogP contribution in [0.15, 0.2) is 16.8 Å². The Kier molecular flexibility index (Phi) is 2.46. The number of aromatic nitrogens is 2. The van der Waals surface area contributed by atoms with Crippen molar-refractivity contribution < 1.29 is 0 Å². The van der Waals surface area contributed by atoms with Crippen LogP contribution in [0.4, 0.5) is 0 Å². The first-order valence-electron chi connectivity index (χ1n) is 5.44. The van der Waals surface area contributed by atoms with Crippen LogP contribution in [-0.4, -0.2) is 16.5 Å². The molecule has 0 bridgehead atoms. The third-order valence-corrected chi connectivity index (χ3v) is 3.60. The van der Waals surface area contributed by atoms with Crippen LogP contribution >= 0.6 is 11.3 Å². The van der Waals surface area contributed by atoms with Crippen molar-refractivity contribution in [3.8, 4) is 11.4 Å². The molecule has 1 aliphatic heterocycles. The van der Waals surface area contributed by atoms with E-state index in [1.807, 2.05) is 0 Å². The molecule has 0 atom stereocenters. The van der Waals surface area contributed by atoms with E-state index in [4.69, 9.17) is 0 Å². The number of rotatable bonds is 1. The van der Waals surface area contributed by atoms with E-state index < -0.39 is 0 Å². The summed E-state index contributed by atoms with van der Waals surface area (Å²) in [7, 11) is 0. The van der Waals surface area contributed by atoms with Crippen molar-refractivity contribution in [3.63, 3.8) is 0 Å². The molecule has 0 saturated heterocycles. The second kappa shape index (κ2) is 3.96. The molecule has 0 saturated carbocycles. The molecule has 3 nitrogen and oxygen atoms in total. The summed E-state index contributed by atoms with van der Waals surface area (Å²) in [6.07, 6.45) is 1.01. The standard InChI is InChI=1S/C12H13N3S/c1-8-10-6-13-4-2-11(10)15-12(14-8)9-3-5-16-7-9/h3,5,7,13H,2,4,6H2,1H3. The van der Waals surface area contributed by atoms with Gasteiger partial charge in [0.15, 0.2) is 5.82 Å². The van der Waals surface area contributed by atoms with Gasteiger partial charge in [-0.25, -0.2) is 9.97 Å². The lowest BCUT2D eigenvalue weighted by molar-refractivity contribution is 0.622. The second-order valence-corrected chi connectivity index (χ2v) is 4.78. The molecule has 4 heteroatoms. The summed E-state index contributed by atoms with van der Waals surface area (Å²) in [5, 5.41) is 7.52. The van der Waals surface area contributed by atoms with Crippen molar-refractivity contribution >= 4 is 11.3 Å². The first-order valence-corrected chi connectivity index (χ1v) is 6.38. The predicted octanol–water partition coefficient (Wildman–Crippen LogP) is 2.16. The van der Waals surface area contributed by atoms with Gasteiger partial charge in [0.2, 0.25) is 0 Å². The Morgan fingerprint density at radius 3 is 3.12 bits per heavy atom. The van der Waals surface area contributed by atoms with Crippen molar-refractivity contribution in [1.82, 2.24) is 15.3 Å². The fourth-order valence-electron chi connectivity index (χ4n) is 2.03. The van der Waals surface area contributed by atoms with E-state index in [0.29, 0.717) is 0 Å². The summed E-state index contributed by atoms with van der Waals surface area (Å²) in [4.78, 5) is 9.26. The monoisotopic (exact) mass is 231 g/mol. The smallest absolute Gasteiger partial charge is 0.160 e. The third kappa shape index (κ3) is 1.64. The van der Waals surface area contributed by atoms with Crippen LogP contribution in [-0.2, 0) is 13.0 Å². The Bertz CT molecular complexity index is 505. The fourth-order valence-corrected chi connectivity index (χ4v) is 2.67. The molecule has 16 heavy (non-hydrogen) atoms. The summed E-state index contributed by atoms with van der Waals surface area (Å²) < 4.78 is 0. The van der Waals surface area contributed by atoms with Gasteiger partial charge in [-0.05, 0) is 18.4 Å². The first kappa shape index (κ1) is 9.93. The largest absolute Gasteiger partial charge is 0.312 e. The van der Waals surface area contributed by atoms with Gasteiger partial charge in [0, 0.05) is 41.7 Å². The van der Waals surface area contributed by atoms with Crippen molar-refractivity contribution in [2.75, 3.05) is 6.54 Å². The molecule has 2 aromatic rings. The van der Waals surface area contributed by atoms with Gasteiger partial charge in [0.25, 0.3) is 0 Å². The molecule has 0 aromatic carbocycles. The fraction of sp³-hybridized carbons (Fsp3) is 0.333. The molecule has 0 radical (unpaired) electrons. The van der Waals surface area contributed by atoms with Crippen molar-refractivity contribution in [2.24, 2.45) is 0 Å². The highest BCUT2D eigenvalue weighted by molar-refractivity contribution is 7.08. The molecular formula is C12H13N3S. The molecule has 0 fully saturated rings. The number of aryl methyl sites for hydroxylation is 1. The summed E-state index contributed by atoms with van der Waals surface area (Å²) in [5.74, 6) is 0.874. The minimum absolute atomic E-state index is 0.874. The van der Waals surface area contributed by atoms with E-state index in [0.717, 1.165) is 36.6 Å². The molecule has 82 valence electrons. The highest BCUT2D eigenvalue weighted by atomic mass is 32.1. The molecule has 3 heterocycles. The average Bonchev–Trinajstić information content (AvgIpc) is 2.82. The lowest BCUT2D eigenvalue weighted by atomic mass is 10.1. The number of thiophene rings is 1. The zero-order chi connectivity index (χ0) is 11.0. The van der Waals surface area contributed by atoms with Crippen LogP contribution < -0.4 is 5.32 Å². The Morgan fingerprint density at radius 2 is 2.31 bits per heavy atom. The maximum Gasteiger partial charge on any atom is 0.160 e. The van der Waals surface area contributed by atoms with Crippen molar-refractivity contribution in [2.45, 2.75) is 19.9 Å². The lowest BCUT2D eigenvalue weighted by Gasteiger charge is -2.18. The minimum atomic E-state index is 0.874. The summed E-state index contributed by atoms with van der Waals surface area (Å²) in [6, 6.07) is 2.08. The quantitative estimate of drug-likeness (QED) is 0.817. The number of fused-ring (bicyclic) bond motifs is 1. The maximum absolute atomic E-state index is 4.67. The molecule has 2 aromatic heterocycles. The molecule has 0 spiro atoms. The molecule has 1 aliphatic rings. The molecule has 0 amide bonds. The minimum Gasteiger partial charge on any atom is -0.312 e. The number of nitrogens with one attached hydrogen (secondary N) is 1. The SMILES string of the molecule is Cc1nc(-c2ccsc2)nc2c1CNCC2. The average molecular weight is 231 g/mol. The van der Waals surface area contributed by atoms with Gasteiger partial charge in [-0.1, -0.05) is 0 Å². The van der Waals surface area contributed by atoms with Gasteiger partial charge < -0.3 is 5.32 Å². The zero-order valence-electron chi connectivity index (χ0n) is 9.16. The number of hydrogen-bond donors (Lipinski definition) is 1. The Hall–Kier alpha value is -1.26. The highest BCUT2D eigenvalue weighted by Gasteiger charge is 2.15. The lowest BCUT2D eigenvalue weighted by Crippen LogP contribution is -2.26. The Labute approximate surface area is 98.6 Å². The van der Waals surface area contributed by atoms with Gasteiger partial charge in [-0.2, -0.15) is 11.3 Å². The van der Waals surface area contributed by atoms with Crippen LogP contribution in [0.25, 0.3) is 11.4 Å². The van der Waals surface area contributed by atoms with Crippen LogP contribution in [0.1, 0.15) is 17.0 Å². The van der Waals surface area contributed by atoms with Gasteiger partial charge in [0.1, 0.15) is 0 Å². The van der Waals surface area contributed by atoms with E-state index in [1.165, 1.54) is 11.3 Å².